The maximum atomic E-state index is 5.10. The van der Waals surface area contributed by atoms with Crippen molar-refractivity contribution >= 4 is 5.96 Å². The zero-order chi connectivity index (χ0) is 16.1. The Balaban J connectivity index is 1.47. The van der Waals surface area contributed by atoms with Crippen LogP contribution in [0.5, 0.6) is 0 Å². The average molecular weight is 313 g/mol. The summed E-state index contributed by atoms with van der Waals surface area (Å²) in [4.78, 5) is 8.47. The molecule has 0 spiro atoms. The SMILES string of the molecule is CN=C(NCCc1nc(C)no1)NCC1(c2ccccc2)CC1. The Morgan fingerprint density at radius 2 is 2.04 bits per heavy atom. The molecule has 0 atom stereocenters. The smallest absolute Gasteiger partial charge is 0.228 e. The molecule has 0 bridgehead atoms. The number of aryl methyl sites for hydroxylation is 1. The summed E-state index contributed by atoms with van der Waals surface area (Å²) in [5, 5.41) is 10.5. The Morgan fingerprint density at radius 3 is 2.65 bits per heavy atom. The lowest BCUT2D eigenvalue weighted by atomic mass is 9.96. The second kappa shape index (κ2) is 6.81. The Morgan fingerprint density at radius 1 is 1.26 bits per heavy atom. The van der Waals surface area contributed by atoms with Crippen LogP contribution >= 0.6 is 0 Å². The van der Waals surface area contributed by atoms with Crippen molar-refractivity contribution in [2.45, 2.75) is 31.6 Å². The van der Waals surface area contributed by atoms with Crippen LogP contribution in [0.1, 0.15) is 30.1 Å². The third-order valence-corrected chi connectivity index (χ3v) is 4.26. The topological polar surface area (TPSA) is 75.3 Å². The molecule has 1 saturated carbocycles. The predicted molar refractivity (Wildman–Crippen MR) is 89.5 cm³/mol. The minimum atomic E-state index is 0.266. The maximum Gasteiger partial charge on any atom is 0.228 e. The van der Waals surface area contributed by atoms with Crippen LogP contribution in [0.25, 0.3) is 0 Å². The van der Waals surface area contributed by atoms with Gasteiger partial charge in [0.1, 0.15) is 0 Å². The minimum Gasteiger partial charge on any atom is -0.356 e. The van der Waals surface area contributed by atoms with E-state index in [2.05, 4.69) is 56.1 Å². The lowest BCUT2D eigenvalue weighted by Crippen LogP contribution is -2.42. The van der Waals surface area contributed by atoms with Gasteiger partial charge >= 0.3 is 0 Å². The van der Waals surface area contributed by atoms with Crippen LogP contribution < -0.4 is 10.6 Å². The number of rotatable bonds is 6. The van der Waals surface area contributed by atoms with Crippen molar-refractivity contribution in [2.24, 2.45) is 4.99 Å². The van der Waals surface area contributed by atoms with Crippen LogP contribution in [0, 0.1) is 6.92 Å². The van der Waals surface area contributed by atoms with Gasteiger partial charge in [0.15, 0.2) is 11.8 Å². The van der Waals surface area contributed by atoms with E-state index in [-0.39, 0.29) is 5.41 Å². The lowest BCUT2D eigenvalue weighted by molar-refractivity contribution is 0.374. The van der Waals surface area contributed by atoms with Crippen molar-refractivity contribution in [1.82, 2.24) is 20.8 Å². The maximum absolute atomic E-state index is 5.10. The van der Waals surface area contributed by atoms with Gasteiger partial charge < -0.3 is 15.2 Å². The first kappa shape index (κ1) is 15.5. The number of hydrogen-bond donors (Lipinski definition) is 2. The van der Waals surface area contributed by atoms with Gasteiger partial charge in [-0.25, -0.2) is 0 Å². The quantitative estimate of drug-likeness (QED) is 0.628. The van der Waals surface area contributed by atoms with Crippen molar-refractivity contribution in [3.05, 3.63) is 47.6 Å². The highest BCUT2D eigenvalue weighted by Crippen LogP contribution is 2.47. The van der Waals surface area contributed by atoms with E-state index in [4.69, 9.17) is 4.52 Å². The van der Waals surface area contributed by atoms with Gasteiger partial charge in [-0.15, -0.1) is 0 Å². The third kappa shape index (κ3) is 3.88. The number of benzene rings is 1. The molecule has 3 rings (SSSR count). The van der Waals surface area contributed by atoms with Crippen molar-refractivity contribution < 1.29 is 4.52 Å². The molecule has 2 N–H and O–H groups in total. The Hall–Kier alpha value is -2.37. The van der Waals surface area contributed by atoms with E-state index in [1.165, 1.54) is 18.4 Å². The second-order valence-electron chi connectivity index (χ2n) is 5.98. The van der Waals surface area contributed by atoms with Crippen LogP contribution in [-0.4, -0.2) is 36.2 Å². The summed E-state index contributed by atoms with van der Waals surface area (Å²) in [7, 11) is 1.79. The van der Waals surface area contributed by atoms with E-state index in [0.717, 1.165) is 12.5 Å². The first-order valence-electron chi connectivity index (χ1n) is 8.01. The van der Waals surface area contributed by atoms with E-state index in [1.54, 1.807) is 7.05 Å². The van der Waals surface area contributed by atoms with Crippen LogP contribution in [-0.2, 0) is 11.8 Å². The van der Waals surface area contributed by atoms with Crippen molar-refractivity contribution in [1.29, 1.82) is 0 Å². The molecular formula is C17H23N5O. The molecule has 6 heteroatoms. The van der Waals surface area contributed by atoms with Gasteiger partial charge in [0.2, 0.25) is 5.89 Å². The lowest BCUT2D eigenvalue weighted by Gasteiger charge is -2.18. The van der Waals surface area contributed by atoms with Crippen LogP contribution in [0.15, 0.2) is 39.8 Å². The van der Waals surface area contributed by atoms with E-state index in [1.807, 2.05) is 6.92 Å². The highest BCUT2D eigenvalue weighted by molar-refractivity contribution is 5.79. The number of hydrogen-bond acceptors (Lipinski definition) is 4. The first-order chi connectivity index (χ1) is 11.2. The van der Waals surface area contributed by atoms with Gasteiger partial charge in [0.25, 0.3) is 0 Å². The largest absolute Gasteiger partial charge is 0.356 e. The van der Waals surface area contributed by atoms with Crippen molar-refractivity contribution in [3.8, 4) is 0 Å². The van der Waals surface area contributed by atoms with E-state index >= 15 is 0 Å². The van der Waals surface area contributed by atoms with E-state index in [0.29, 0.717) is 24.7 Å². The normalized spacial score (nSPS) is 16.2. The minimum absolute atomic E-state index is 0.266. The fraction of sp³-hybridized carbons (Fsp3) is 0.471. The average Bonchev–Trinajstić information content (AvgIpc) is 3.27. The standard InChI is InChI=1S/C17H23N5O/c1-13-21-15(23-22-13)8-11-19-16(18-2)20-12-17(9-10-17)14-6-4-3-5-7-14/h3-7H,8-12H2,1-2H3,(H2,18,19,20). The summed E-state index contributed by atoms with van der Waals surface area (Å²) in [5.41, 5.74) is 1.67. The molecule has 1 aliphatic rings. The van der Waals surface area contributed by atoms with Crippen LogP contribution in [0.2, 0.25) is 0 Å². The van der Waals surface area contributed by atoms with Crippen molar-refractivity contribution in [3.63, 3.8) is 0 Å². The molecule has 1 fully saturated rings. The third-order valence-electron chi connectivity index (χ3n) is 4.26. The number of aliphatic imine (C=N–C) groups is 1. The Labute approximate surface area is 136 Å². The van der Waals surface area contributed by atoms with Gasteiger partial charge in [-0.3, -0.25) is 4.99 Å². The van der Waals surface area contributed by atoms with Crippen LogP contribution in [0.4, 0.5) is 0 Å². The van der Waals surface area contributed by atoms with Gasteiger partial charge in [-0.05, 0) is 25.3 Å². The predicted octanol–water partition coefficient (Wildman–Crippen LogP) is 1.82. The van der Waals surface area contributed by atoms with Gasteiger partial charge in [-0.2, -0.15) is 4.98 Å². The number of nitrogens with one attached hydrogen (secondary N) is 2. The second-order valence-corrected chi connectivity index (χ2v) is 5.98. The first-order valence-corrected chi connectivity index (χ1v) is 8.01. The summed E-state index contributed by atoms with van der Waals surface area (Å²) in [6.07, 6.45) is 3.13. The molecule has 0 amide bonds. The fourth-order valence-electron chi connectivity index (χ4n) is 2.71. The zero-order valence-electron chi connectivity index (χ0n) is 13.7. The zero-order valence-corrected chi connectivity index (χ0v) is 13.7. The Kier molecular flexibility index (Phi) is 4.60. The van der Waals surface area contributed by atoms with E-state index in [9.17, 15) is 0 Å². The number of aromatic nitrogens is 2. The number of guanidine groups is 1. The fourth-order valence-corrected chi connectivity index (χ4v) is 2.71. The van der Waals surface area contributed by atoms with Crippen molar-refractivity contribution in [2.75, 3.05) is 20.1 Å². The monoisotopic (exact) mass is 313 g/mol. The molecule has 2 aromatic rings. The molecule has 23 heavy (non-hydrogen) atoms. The number of nitrogens with zero attached hydrogens (tertiary/aromatic N) is 3. The van der Waals surface area contributed by atoms with E-state index < -0.39 is 0 Å². The molecule has 6 nitrogen and oxygen atoms in total. The Bertz CT molecular complexity index is 661. The molecule has 1 aliphatic carbocycles. The molecule has 1 aromatic carbocycles. The van der Waals surface area contributed by atoms with Gasteiger partial charge in [0, 0.05) is 32.0 Å². The molecule has 122 valence electrons. The van der Waals surface area contributed by atoms with Gasteiger partial charge in [0.05, 0.1) is 0 Å². The summed E-state index contributed by atoms with van der Waals surface area (Å²) in [6.45, 7) is 3.43. The summed E-state index contributed by atoms with van der Waals surface area (Å²) in [6, 6.07) is 10.7. The summed E-state index contributed by atoms with van der Waals surface area (Å²) in [5.74, 6) is 2.12. The molecule has 0 radical (unpaired) electrons. The molecular weight excluding hydrogens is 290 g/mol. The highest BCUT2D eigenvalue weighted by Gasteiger charge is 2.43. The van der Waals surface area contributed by atoms with Crippen LogP contribution in [0.3, 0.4) is 0 Å². The van der Waals surface area contributed by atoms with Gasteiger partial charge in [-0.1, -0.05) is 35.5 Å². The molecule has 1 aromatic heterocycles. The molecule has 0 saturated heterocycles. The summed E-state index contributed by atoms with van der Waals surface area (Å²) >= 11 is 0. The highest BCUT2D eigenvalue weighted by atomic mass is 16.5. The molecule has 0 unspecified atom stereocenters. The molecule has 0 aliphatic heterocycles. The summed E-state index contributed by atoms with van der Waals surface area (Å²) < 4.78 is 5.10. The molecule has 1 heterocycles.